The maximum absolute atomic E-state index is 14.5. The fraction of sp³-hybridized carbons (Fsp3) is 1.00. The van der Waals surface area contributed by atoms with Crippen molar-refractivity contribution in [3.05, 3.63) is 0 Å². The molecule has 3 nitrogen and oxygen atoms in total. The van der Waals surface area contributed by atoms with Crippen LogP contribution in [0.1, 0.15) is 20.8 Å². The summed E-state index contributed by atoms with van der Waals surface area (Å²) in [6.07, 6.45) is -7.91. The molecule has 0 aliphatic heterocycles. The molecule has 0 aromatic heterocycles. The number of quaternary nitrogens is 1. The quantitative estimate of drug-likeness (QED) is 0.219. The molecular formula is C13H12F18NO2S+. The number of sulfonamides is 1. The number of alkyl halides is 17. The monoisotopic (exact) mass is 588 g/mol. The molecule has 0 amide bonds. The van der Waals surface area contributed by atoms with Crippen molar-refractivity contribution in [2.75, 3.05) is 6.54 Å². The normalized spacial score (nSPS) is 18.1. The van der Waals surface area contributed by atoms with Gasteiger partial charge in [0.05, 0.1) is 0 Å². The third kappa shape index (κ3) is 3.90. The van der Waals surface area contributed by atoms with Gasteiger partial charge in [0.15, 0.2) is 0 Å². The van der Waals surface area contributed by atoms with Gasteiger partial charge in [0, 0.05) is 4.48 Å². The second-order valence-electron chi connectivity index (χ2n) is 7.05. The van der Waals surface area contributed by atoms with Crippen molar-refractivity contribution in [1.29, 1.82) is 0 Å². The first-order chi connectivity index (χ1) is 14.8. The minimum Gasteiger partial charge on any atom is -0.192 e. The number of rotatable bonds is 10. The first-order valence-corrected chi connectivity index (χ1v) is 9.73. The predicted octanol–water partition coefficient (Wildman–Crippen LogP) is 6.41. The second kappa shape index (κ2) is 8.33. The van der Waals surface area contributed by atoms with E-state index in [1.165, 1.54) is 0 Å². The van der Waals surface area contributed by atoms with E-state index < -0.39 is 73.7 Å². The summed E-state index contributed by atoms with van der Waals surface area (Å²) in [5.74, 6) is -52.3. The van der Waals surface area contributed by atoms with Gasteiger partial charge in [0.25, 0.3) is 0 Å². The lowest BCUT2D eigenvalue weighted by Crippen LogP contribution is -2.76. The van der Waals surface area contributed by atoms with Gasteiger partial charge in [0.2, 0.25) is 0 Å². The highest BCUT2D eigenvalue weighted by Gasteiger charge is 2.97. The van der Waals surface area contributed by atoms with Crippen molar-refractivity contribution >= 4 is 10.0 Å². The summed E-state index contributed by atoms with van der Waals surface area (Å²) in [5.41, 5.74) is 0. The van der Waals surface area contributed by atoms with Crippen molar-refractivity contribution in [3.8, 4) is 0 Å². The summed E-state index contributed by atoms with van der Waals surface area (Å²) >= 11 is 0. The molecule has 0 bridgehead atoms. The van der Waals surface area contributed by atoms with E-state index in [-0.39, 0.29) is 0 Å². The lowest BCUT2D eigenvalue weighted by molar-refractivity contribution is -0.968. The van der Waals surface area contributed by atoms with Gasteiger partial charge in [-0.3, -0.25) is 0 Å². The van der Waals surface area contributed by atoms with Crippen molar-refractivity contribution in [3.63, 3.8) is 0 Å². The summed E-state index contributed by atoms with van der Waals surface area (Å²) in [6, 6.07) is -2.42. The van der Waals surface area contributed by atoms with Crippen molar-refractivity contribution in [2.24, 2.45) is 0 Å². The smallest absolute Gasteiger partial charge is 0.192 e. The second-order valence-corrected chi connectivity index (χ2v) is 9.12. The van der Waals surface area contributed by atoms with Crippen LogP contribution in [0.4, 0.5) is 79.1 Å². The van der Waals surface area contributed by atoms with Crippen LogP contribution in [-0.4, -0.2) is 72.1 Å². The predicted molar refractivity (Wildman–Crippen MR) is 76.6 cm³/mol. The van der Waals surface area contributed by atoms with E-state index in [9.17, 15) is 87.5 Å². The molecule has 0 heterocycles. The molecular weight excluding hydrogens is 576 g/mol. The molecule has 0 N–H and O–H groups in total. The summed E-state index contributed by atoms with van der Waals surface area (Å²) in [6.45, 7) is -0.891. The highest BCUT2D eigenvalue weighted by molar-refractivity contribution is 7.87. The first kappa shape index (κ1) is 33.7. The van der Waals surface area contributed by atoms with Crippen LogP contribution in [0, 0.1) is 0 Å². The molecule has 0 aliphatic carbocycles. The average molecular weight is 588 g/mol. The van der Waals surface area contributed by atoms with Crippen molar-refractivity contribution in [1.82, 2.24) is 0 Å². The Morgan fingerprint density at radius 2 is 0.829 bits per heavy atom. The zero-order chi connectivity index (χ0) is 29.3. The fourth-order valence-electron chi connectivity index (χ4n) is 2.31. The standard InChI is InChI=1S/C13H12F18NO2S/c1-4-32(31,5(2)3)35(33,34)13(29,30)11(24,25)9(20,21)7(16,17)6(14,15)8(18,19)10(22,23)12(26,27)28/h5H,4H2,1-3H3/q+1. The molecule has 1 atom stereocenters. The van der Waals surface area contributed by atoms with Gasteiger partial charge in [-0.15, -0.1) is 0 Å². The van der Waals surface area contributed by atoms with Gasteiger partial charge >= 0.3 is 57.0 Å². The van der Waals surface area contributed by atoms with E-state index in [0.717, 1.165) is 0 Å². The Morgan fingerprint density at radius 3 is 1.06 bits per heavy atom. The number of hydrogen-bond donors (Lipinski definition) is 0. The van der Waals surface area contributed by atoms with Crippen LogP contribution in [0.3, 0.4) is 0 Å². The van der Waals surface area contributed by atoms with Crippen LogP contribution >= 0.6 is 0 Å². The number of hydrogen-bond acceptors (Lipinski definition) is 2. The van der Waals surface area contributed by atoms with E-state index in [2.05, 4.69) is 0 Å². The lowest BCUT2D eigenvalue weighted by atomic mass is 9.91. The van der Waals surface area contributed by atoms with Crippen LogP contribution in [-0.2, 0) is 10.0 Å². The van der Waals surface area contributed by atoms with Gasteiger partial charge in [0.1, 0.15) is 12.6 Å². The Bertz CT molecular complexity index is 893. The van der Waals surface area contributed by atoms with Crippen LogP contribution in [0.2, 0.25) is 0 Å². The highest BCUT2D eigenvalue weighted by atomic mass is 32.2. The molecule has 0 aromatic rings. The zero-order valence-corrected chi connectivity index (χ0v) is 17.6. The van der Waals surface area contributed by atoms with E-state index in [0.29, 0.717) is 20.8 Å². The summed E-state index contributed by atoms with van der Waals surface area (Å²) in [4.78, 5) is 0. The Labute approximate surface area is 183 Å². The molecule has 0 saturated carbocycles. The van der Waals surface area contributed by atoms with Gasteiger partial charge in [-0.05, 0) is 24.9 Å². The molecule has 0 saturated heterocycles. The first-order valence-electron chi connectivity index (χ1n) is 8.29. The Morgan fingerprint density at radius 1 is 0.571 bits per heavy atom. The zero-order valence-electron chi connectivity index (χ0n) is 16.8. The minimum atomic E-state index is -8.95. The highest BCUT2D eigenvalue weighted by Crippen LogP contribution is 2.64. The van der Waals surface area contributed by atoms with Gasteiger partial charge in [-0.1, -0.05) is 0 Å². The third-order valence-electron chi connectivity index (χ3n) is 4.62. The largest absolute Gasteiger partial charge is 0.467 e. The van der Waals surface area contributed by atoms with Crippen molar-refractivity contribution < 1.29 is 91.6 Å². The molecule has 1 unspecified atom stereocenters. The van der Waals surface area contributed by atoms with Crippen LogP contribution in [0.25, 0.3) is 0 Å². The van der Waals surface area contributed by atoms with Crippen molar-refractivity contribution in [2.45, 2.75) is 73.8 Å². The number of nitrogens with zero attached hydrogens (tertiary/aromatic N) is 1. The minimum absolute atomic E-state index is 0.298. The average Bonchev–Trinajstić information content (AvgIpc) is 2.64. The van der Waals surface area contributed by atoms with Crippen LogP contribution in [0.15, 0.2) is 0 Å². The molecule has 0 rings (SSSR count). The molecule has 0 spiro atoms. The molecule has 35 heavy (non-hydrogen) atoms. The molecule has 0 aromatic carbocycles. The van der Waals surface area contributed by atoms with Gasteiger partial charge < -0.3 is 0 Å². The fourth-order valence-corrected chi connectivity index (χ4v) is 4.04. The van der Waals surface area contributed by atoms with E-state index in [1.807, 2.05) is 0 Å². The summed E-state index contributed by atoms with van der Waals surface area (Å²) in [5, 5.41) is -7.88. The molecule has 22 heteroatoms. The van der Waals surface area contributed by atoms with Crippen LogP contribution in [0.5, 0.6) is 0 Å². The van der Waals surface area contributed by atoms with E-state index in [4.69, 9.17) is 0 Å². The SMILES string of the molecule is CC[N+](F)(C(C)C)S(=O)(=O)C(F)(F)C(F)(F)C(F)(F)C(F)(F)C(F)(F)C(F)(F)C(F)(F)C(F)(F)F. The Hall–Kier alpha value is -1.35. The molecule has 0 radical (unpaired) electrons. The Kier molecular flexibility index (Phi) is 8.01. The van der Waals surface area contributed by atoms with E-state index in [1.54, 1.807) is 0 Å². The van der Waals surface area contributed by atoms with E-state index >= 15 is 0 Å². The molecule has 212 valence electrons. The Balaban J connectivity index is 7.21. The molecule has 0 aliphatic rings. The maximum Gasteiger partial charge on any atom is 0.467 e. The summed E-state index contributed by atoms with van der Waals surface area (Å²) < 4.78 is 258. The number of halogens is 18. The third-order valence-corrected chi connectivity index (χ3v) is 7.00. The molecule has 0 fully saturated rings. The summed E-state index contributed by atoms with van der Waals surface area (Å²) in [7, 11) is -7.87. The van der Waals surface area contributed by atoms with Gasteiger partial charge in [-0.25, -0.2) is 0 Å². The lowest BCUT2D eigenvalue weighted by Gasteiger charge is -2.43. The van der Waals surface area contributed by atoms with Crippen LogP contribution < -0.4 is 0 Å². The topological polar surface area (TPSA) is 34.1 Å². The van der Waals surface area contributed by atoms with Gasteiger partial charge in [-0.2, -0.15) is 83.1 Å². The maximum atomic E-state index is 14.5.